The van der Waals surface area contributed by atoms with Crippen LogP contribution in [-0.2, 0) is 28.9 Å². The number of carbonyl (C=O) groups is 2. The van der Waals surface area contributed by atoms with Crippen molar-refractivity contribution in [2.45, 2.75) is 51.0 Å². The topological polar surface area (TPSA) is 130 Å². The van der Waals surface area contributed by atoms with E-state index in [1.54, 1.807) is 12.4 Å². The van der Waals surface area contributed by atoms with Crippen LogP contribution in [0.25, 0.3) is 0 Å². The van der Waals surface area contributed by atoms with E-state index in [1.165, 1.54) is 11.9 Å². The fourth-order valence-electron chi connectivity index (χ4n) is 4.72. The van der Waals surface area contributed by atoms with Crippen molar-refractivity contribution in [1.82, 2.24) is 25.2 Å². The molecule has 1 aliphatic rings. The van der Waals surface area contributed by atoms with Crippen LogP contribution in [0.15, 0.2) is 61.2 Å². The number of aromatic nitrogens is 3. The Balaban J connectivity index is 1.27. The second kappa shape index (κ2) is 15.5. The number of hydrogen-bond donors (Lipinski definition) is 3. The molecule has 2 aromatic heterocycles. The van der Waals surface area contributed by atoms with Gasteiger partial charge in [0.2, 0.25) is 5.91 Å². The van der Waals surface area contributed by atoms with Gasteiger partial charge in [0.25, 0.3) is 0 Å². The van der Waals surface area contributed by atoms with E-state index >= 15 is 0 Å². The Hall–Kier alpha value is -4.05. The smallest absolute Gasteiger partial charge is 0.326 e. The van der Waals surface area contributed by atoms with E-state index in [2.05, 4.69) is 37.6 Å². The summed E-state index contributed by atoms with van der Waals surface area (Å²) in [6, 6.07) is 13.0. The molecule has 0 bridgehead atoms. The van der Waals surface area contributed by atoms with Gasteiger partial charge in [-0.15, -0.1) is 0 Å². The van der Waals surface area contributed by atoms with Crippen LogP contribution in [0.4, 0.5) is 5.82 Å². The molecule has 212 valence electrons. The molecule has 0 saturated carbocycles. The molecule has 1 aromatic carbocycles. The molecule has 1 amide bonds. The summed E-state index contributed by atoms with van der Waals surface area (Å²) in [5, 5.41) is 15.8. The van der Waals surface area contributed by atoms with E-state index in [9.17, 15) is 14.7 Å². The molecule has 0 aliphatic carbocycles. The molecule has 4 rings (SSSR count). The van der Waals surface area contributed by atoms with Gasteiger partial charge in [-0.1, -0.05) is 24.3 Å². The molecule has 10 heteroatoms. The largest absolute Gasteiger partial charge is 0.492 e. The van der Waals surface area contributed by atoms with Gasteiger partial charge in [0, 0.05) is 37.7 Å². The second-order valence-electron chi connectivity index (χ2n) is 9.97. The first-order valence-corrected chi connectivity index (χ1v) is 14.0. The Morgan fingerprint density at radius 3 is 2.67 bits per heavy atom. The van der Waals surface area contributed by atoms with E-state index in [4.69, 9.17) is 9.72 Å². The van der Waals surface area contributed by atoms with Gasteiger partial charge in [0.15, 0.2) is 0 Å². The van der Waals surface area contributed by atoms with Crippen LogP contribution in [0.2, 0.25) is 0 Å². The number of ether oxygens (including phenoxy) is 1. The molecule has 1 atom stereocenters. The number of unbranched alkanes of at least 4 members (excludes halogenated alkanes) is 1. The number of nitrogens with zero attached hydrogens (tertiary/aromatic N) is 4. The zero-order valence-electron chi connectivity index (χ0n) is 22.8. The summed E-state index contributed by atoms with van der Waals surface area (Å²) in [5.41, 5.74) is 3.01. The van der Waals surface area contributed by atoms with Crippen LogP contribution in [0.5, 0.6) is 5.75 Å². The number of aryl methyl sites for hydroxylation is 2. The zero-order valence-corrected chi connectivity index (χ0v) is 22.8. The predicted molar refractivity (Wildman–Crippen MR) is 152 cm³/mol. The maximum atomic E-state index is 12.5. The van der Waals surface area contributed by atoms with Crippen LogP contribution in [0.3, 0.4) is 0 Å². The lowest BCUT2D eigenvalue weighted by molar-refractivity contribution is -0.142. The van der Waals surface area contributed by atoms with E-state index in [0.29, 0.717) is 25.3 Å². The number of para-hydroxylation sites is 1. The number of hydrogen-bond acceptors (Lipinski definition) is 8. The van der Waals surface area contributed by atoms with Gasteiger partial charge in [-0.3, -0.25) is 9.69 Å². The van der Waals surface area contributed by atoms with Crippen molar-refractivity contribution in [3.8, 4) is 5.75 Å². The Morgan fingerprint density at radius 1 is 1.05 bits per heavy atom. The van der Waals surface area contributed by atoms with Crippen molar-refractivity contribution in [2.24, 2.45) is 0 Å². The third-order valence-corrected chi connectivity index (χ3v) is 6.87. The lowest BCUT2D eigenvalue weighted by Crippen LogP contribution is -2.44. The summed E-state index contributed by atoms with van der Waals surface area (Å²) in [4.78, 5) is 39.2. The highest BCUT2D eigenvalue weighted by molar-refractivity contribution is 5.84. The van der Waals surface area contributed by atoms with Crippen molar-refractivity contribution in [1.29, 1.82) is 0 Å². The standard InChI is InChI=1S/C30H38N6O4/c37-28(19-23-20-31-22-32-21-23)35-27(30(38)39)13-16-36(17-18-40-26-9-2-1-3-10-26)15-5-4-8-25-12-11-24-7-6-14-33-29(24)34-25/h1-3,9-12,20-22,27H,4-8,13-19H2,(H,33,34)(H,35,37)(H,38,39)/t27-/m0/s1. The number of amides is 1. The average Bonchev–Trinajstić information content (AvgIpc) is 2.97. The Bertz CT molecular complexity index is 1210. The van der Waals surface area contributed by atoms with Gasteiger partial charge >= 0.3 is 5.97 Å². The van der Waals surface area contributed by atoms with Crippen LogP contribution >= 0.6 is 0 Å². The summed E-state index contributed by atoms with van der Waals surface area (Å²) < 4.78 is 5.89. The molecule has 3 heterocycles. The number of rotatable bonds is 16. The van der Waals surface area contributed by atoms with Crippen molar-refractivity contribution >= 4 is 17.7 Å². The van der Waals surface area contributed by atoms with Crippen molar-refractivity contribution in [2.75, 3.05) is 38.1 Å². The highest BCUT2D eigenvalue weighted by Gasteiger charge is 2.21. The molecule has 0 spiro atoms. The number of aliphatic carboxylic acids is 1. The fourth-order valence-corrected chi connectivity index (χ4v) is 4.72. The summed E-state index contributed by atoms with van der Waals surface area (Å²) in [6.07, 6.45) is 9.83. The van der Waals surface area contributed by atoms with Crippen molar-refractivity contribution in [3.63, 3.8) is 0 Å². The van der Waals surface area contributed by atoms with Crippen LogP contribution in [0.1, 0.15) is 42.5 Å². The average molecular weight is 547 g/mol. The van der Waals surface area contributed by atoms with Gasteiger partial charge in [-0.2, -0.15) is 0 Å². The minimum atomic E-state index is -1.05. The Kier molecular flexibility index (Phi) is 11.2. The molecule has 0 radical (unpaired) electrons. The van der Waals surface area contributed by atoms with Crippen molar-refractivity contribution in [3.05, 3.63) is 78.0 Å². The van der Waals surface area contributed by atoms with Crippen LogP contribution in [0, 0.1) is 0 Å². The molecular formula is C30H38N6O4. The summed E-state index contributed by atoms with van der Waals surface area (Å²) in [5.74, 6) is 0.401. The molecule has 0 unspecified atom stereocenters. The van der Waals surface area contributed by atoms with E-state index in [1.807, 2.05) is 30.3 Å². The second-order valence-corrected chi connectivity index (χ2v) is 9.97. The molecular weight excluding hydrogens is 508 g/mol. The monoisotopic (exact) mass is 546 g/mol. The quantitative estimate of drug-likeness (QED) is 0.232. The number of pyridine rings is 1. The number of benzene rings is 1. The predicted octanol–water partition coefficient (Wildman–Crippen LogP) is 3.14. The number of carboxylic acids is 1. The normalized spacial score (nSPS) is 13.2. The maximum Gasteiger partial charge on any atom is 0.326 e. The molecule has 10 nitrogen and oxygen atoms in total. The third-order valence-electron chi connectivity index (χ3n) is 6.87. The number of nitrogens with one attached hydrogen (secondary N) is 2. The number of carbonyl (C=O) groups excluding carboxylic acids is 1. The highest BCUT2D eigenvalue weighted by atomic mass is 16.5. The first kappa shape index (κ1) is 28.9. The highest BCUT2D eigenvalue weighted by Crippen LogP contribution is 2.20. The summed E-state index contributed by atoms with van der Waals surface area (Å²) in [6.45, 7) is 3.42. The van der Waals surface area contributed by atoms with Crippen LogP contribution < -0.4 is 15.4 Å². The molecule has 1 aliphatic heterocycles. The molecule has 0 fully saturated rings. The summed E-state index contributed by atoms with van der Waals surface area (Å²) in [7, 11) is 0. The molecule has 40 heavy (non-hydrogen) atoms. The van der Waals surface area contributed by atoms with Gasteiger partial charge in [0.1, 0.15) is 30.5 Å². The Morgan fingerprint density at radius 2 is 1.88 bits per heavy atom. The van der Waals surface area contributed by atoms with Gasteiger partial charge in [0.05, 0.1) is 6.42 Å². The van der Waals surface area contributed by atoms with Crippen LogP contribution in [-0.4, -0.2) is 75.7 Å². The van der Waals surface area contributed by atoms with E-state index in [0.717, 1.165) is 62.5 Å². The minimum Gasteiger partial charge on any atom is -0.492 e. The SMILES string of the molecule is O=C(Cc1cncnc1)N[C@@H](CCN(CCCCc1ccc2c(n1)NCCC2)CCOc1ccccc1)C(=O)O. The van der Waals surface area contributed by atoms with Crippen molar-refractivity contribution < 1.29 is 19.4 Å². The Labute approximate surface area is 235 Å². The third kappa shape index (κ3) is 9.60. The lowest BCUT2D eigenvalue weighted by atomic mass is 10.1. The van der Waals surface area contributed by atoms with Gasteiger partial charge in [-0.05, 0) is 74.4 Å². The number of anilines is 1. The molecule has 3 aromatic rings. The number of fused-ring (bicyclic) bond motifs is 1. The van der Waals surface area contributed by atoms with E-state index in [-0.39, 0.29) is 18.7 Å². The van der Waals surface area contributed by atoms with E-state index < -0.39 is 12.0 Å². The fraction of sp³-hybridized carbons (Fsp3) is 0.433. The maximum absolute atomic E-state index is 12.5. The number of carboxylic acid groups (broad SMARTS) is 1. The van der Waals surface area contributed by atoms with Gasteiger partial charge in [-0.25, -0.2) is 19.7 Å². The van der Waals surface area contributed by atoms with Gasteiger partial charge < -0.3 is 20.5 Å². The lowest BCUT2D eigenvalue weighted by Gasteiger charge is -2.24. The molecule has 0 saturated heterocycles. The first-order valence-electron chi connectivity index (χ1n) is 14.0. The zero-order chi connectivity index (χ0) is 28.0. The molecule has 3 N–H and O–H groups in total. The minimum absolute atomic E-state index is 0.0332. The summed E-state index contributed by atoms with van der Waals surface area (Å²) >= 11 is 0. The first-order chi connectivity index (χ1) is 19.6.